The summed E-state index contributed by atoms with van der Waals surface area (Å²) in [5.41, 5.74) is 0. The molecule has 1 rings (SSSR count). The molecule has 1 fully saturated rings. The second kappa shape index (κ2) is 2.31. The van der Waals surface area contributed by atoms with Crippen molar-refractivity contribution in [1.82, 2.24) is 5.32 Å². The summed E-state index contributed by atoms with van der Waals surface area (Å²) in [6, 6.07) is -0.301. The van der Waals surface area contributed by atoms with Crippen LogP contribution in [-0.2, 0) is 0 Å². The molecule has 1 saturated heterocycles. The summed E-state index contributed by atoms with van der Waals surface area (Å²) in [6.07, 6.45) is 0.675. The Balaban J connectivity index is 2.49. The van der Waals surface area contributed by atoms with Crippen LogP contribution in [0.4, 0.5) is 0 Å². The topological polar surface area (TPSA) is 55.2 Å². The highest BCUT2D eigenvalue weighted by Gasteiger charge is 2.31. The molecule has 0 radical (unpaired) electrons. The summed E-state index contributed by atoms with van der Waals surface area (Å²) in [5.74, 6) is 0. The first-order valence-corrected chi connectivity index (χ1v) is 3.08. The maximum atomic E-state index is 10.2. The molecule has 4 nitrogen and oxygen atoms in total. The van der Waals surface area contributed by atoms with E-state index in [0.29, 0.717) is 6.42 Å². The molecule has 0 aromatic rings. The Kier molecular flexibility index (Phi) is 1.66. The molecule has 0 bridgehead atoms. The Morgan fingerprint density at radius 1 is 1.78 bits per heavy atom. The Bertz CT molecular complexity index is 126. The van der Waals surface area contributed by atoms with Gasteiger partial charge in [0.1, 0.15) is 0 Å². The summed E-state index contributed by atoms with van der Waals surface area (Å²) in [6.45, 7) is 2.63. The first-order valence-electron chi connectivity index (χ1n) is 3.08. The van der Waals surface area contributed by atoms with Gasteiger partial charge in [0.05, 0.1) is 6.04 Å². The van der Waals surface area contributed by atoms with E-state index in [1.54, 1.807) is 0 Å². The SMILES string of the molecule is CC1NCC[C@@H]1[N+](=O)[O-]. The van der Waals surface area contributed by atoms with Crippen LogP contribution in [0.1, 0.15) is 13.3 Å². The first-order chi connectivity index (χ1) is 4.22. The van der Waals surface area contributed by atoms with E-state index in [2.05, 4.69) is 5.32 Å². The minimum Gasteiger partial charge on any atom is -0.308 e. The Morgan fingerprint density at radius 3 is 2.67 bits per heavy atom. The van der Waals surface area contributed by atoms with Crippen LogP contribution in [0.5, 0.6) is 0 Å². The third-order valence-electron chi connectivity index (χ3n) is 1.75. The van der Waals surface area contributed by atoms with Crippen LogP contribution >= 0.6 is 0 Å². The molecule has 0 aromatic carbocycles. The van der Waals surface area contributed by atoms with Crippen LogP contribution in [0, 0.1) is 10.1 Å². The molecule has 0 saturated carbocycles. The lowest BCUT2D eigenvalue weighted by Crippen LogP contribution is -2.32. The van der Waals surface area contributed by atoms with Crippen LogP contribution in [-0.4, -0.2) is 23.6 Å². The fraction of sp³-hybridized carbons (Fsp3) is 1.00. The monoisotopic (exact) mass is 130 g/mol. The molecule has 1 aliphatic rings. The lowest BCUT2D eigenvalue weighted by molar-refractivity contribution is -0.522. The Hall–Kier alpha value is -0.640. The van der Waals surface area contributed by atoms with Gasteiger partial charge in [0, 0.05) is 17.9 Å². The third kappa shape index (κ3) is 1.18. The molecule has 1 unspecified atom stereocenters. The van der Waals surface area contributed by atoms with Crippen molar-refractivity contribution in [2.75, 3.05) is 6.54 Å². The molecular formula is C5H10N2O2. The highest BCUT2D eigenvalue weighted by molar-refractivity contribution is 4.79. The van der Waals surface area contributed by atoms with Crippen LogP contribution in [0.25, 0.3) is 0 Å². The fourth-order valence-corrected chi connectivity index (χ4v) is 1.13. The van der Waals surface area contributed by atoms with E-state index in [4.69, 9.17) is 0 Å². The molecule has 0 aliphatic carbocycles. The number of hydrogen-bond acceptors (Lipinski definition) is 3. The van der Waals surface area contributed by atoms with Crippen LogP contribution in [0.15, 0.2) is 0 Å². The number of hydrogen-bond donors (Lipinski definition) is 1. The molecule has 1 aliphatic heterocycles. The highest BCUT2D eigenvalue weighted by atomic mass is 16.6. The number of nitro groups is 1. The highest BCUT2D eigenvalue weighted by Crippen LogP contribution is 2.08. The van der Waals surface area contributed by atoms with Crippen LogP contribution in [0.2, 0.25) is 0 Å². The van der Waals surface area contributed by atoms with Gasteiger partial charge in [-0.1, -0.05) is 0 Å². The minimum absolute atomic E-state index is 0.0556. The van der Waals surface area contributed by atoms with Gasteiger partial charge in [-0.25, -0.2) is 0 Å². The maximum absolute atomic E-state index is 10.2. The molecule has 0 spiro atoms. The van der Waals surface area contributed by atoms with E-state index in [-0.39, 0.29) is 17.0 Å². The van der Waals surface area contributed by atoms with Gasteiger partial charge in [-0.2, -0.15) is 0 Å². The van der Waals surface area contributed by atoms with Gasteiger partial charge in [0.2, 0.25) is 6.04 Å². The average Bonchev–Trinajstić information content (AvgIpc) is 2.13. The molecule has 1 heterocycles. The zero-order valence-electron chi connectivity index (χ0n) is 5.33. The number of nitrogens with one attached hydrogen (secondary N) is 1. The van der Waals surface area contributed by atoms with Gasteiger partial charge >= 0.3 is 0 Å². The predicted octanol–water partition coefficient (Wildman–Crippen LogP) is 0.0135. The summed E-state index contributed by atoms with van der Waals surface area (Å²) < 4.78 is 0. The van der Waals surface area contributed by atoms with Gasteiger partial charge in [-0.15, -0.1) is 0 Å². The second-order valence-electron chi connectivity index (χ2n) is 2.38. The van der Waals surface area contributed by atoms with Gasteiger partial charge in [-0.05, 0) is 6.92 Å². The average molecular weight is 130 g/mol. The Labute approximate surface area is 53.4 Å². The van der Waals surface area contributed by atoms with E-state index >= 15 is 0 Å². The first kappa shape index (κ1) is 6.48. The lowest BCUT2D eigenvalue weighted by Gasteiger charge is -2.04. The minimum atomic E-state index is -0.356. The molecule has 9 heavy (non-hydrogen) atoms. The van der Waals surface area contributed by atoms with Crippen molar-refractivity contribution in [3.63, 3.8) is 0 Å². The molecule has 0 amide bonds. The van der Waals surface area contributed by atoms with Gasteiger partial charge < -0.3 is 5.32 Å². The normalized spacial score (nSPS) is 34.8. The zero-order chi connectivity index (χ0) is 6.85. The van der Waals surface area contributed by atoms with Gasteiger partial charge in [0.25, 0.3) is 0 Å². The van der Waals surface area contributed by atoms with Crippen LogP contribution in [0.3, 0.4) is 0 Å². The van der Waals surface area contributed by atoms with Crippen molar-refractivity contribution in [3.05, 3.63) is 10.1 Å². The lowest BCUT2D eigenvalue weighted by atomic mass is 10.2. The van der Waals surface area contributed by atoms with Crippen molar-refractivity contribution in [2.45, 2.75) is 25.4 Å². The molecule has 1 N–H and O–H groups in total. The van der Waals surface area contributed by atoms with E-state index in [0.717, 1.165) is 6.54 Å². The third-order valence-corrected chi connectivity index (χ3v) is 1.75. The maximum Gasteiger partial charge on any atom is 0.229 e. The second-order valence-corrected chi connectivity index (χ2v) is 2.38. The molecule has 2 atom stereocenters. The number of rotatable bonds is 1. The predicted molar refractivity (Wildman–Crippen MR) is 32.9 cm³/mol. The molecule has 52 valence electrons. The quantitative estimate of drug-likeness (QED) is 0.402. The van der Waals surface area contributed by atoms with E-state index in [9.17, 15) is 10.1 Å². The summed E-state index contributed by atoms with van der Waals surface area (Å²) >= 11 is 0. The smallest absolute Gasteiger partial charge is 0.229 e. The number of nitrogens with zero attached hydrogens (tertiary/aromatic N) is 1. The summed E-state index contributed by atoms with van der Waals surface area (Å²) in [4.78, 5) is 9.97. The van der Waals surface area contributed by atoms with Crippen molar-refractivity contribution in [1.29, 1.82) is 0 Å². The summed E-state index contributed by atoms with van der Waals surface area (Å²) in [5, 5.41) is 13.2. The standard InChI is InChI=1S/C5H10N2O2/c1-4-5(7(8)9)2-3-6-4/h4-6H,2-3H2,1H3/t4?,5-/m0/s1. The summed E-state index contributed by atoms with van der Waals surface area (Å²) in [7, 11) is 0. The van der Waals surface area contributed by atoms with E-state index in [1.807, 2.05) is 6.92 Å². The van der Waals surface area contributed by atoms with Crippen molar-refractivity contribution in [2.24, 2.45) is 0 Å². The van der Waals surface area contributed by atoms with E-state index in [1.165, 1.54) is 0 Å². The zero-order valence-corrected chi connectivity index (χ0v) is 5.33. The van der Waals surface area contributed by atoms with Gasteiger partial charge in [0.15, 0.2) is 0 Å². The molecular weight excluding hydrogens is 120 g/mol. The van der Waals surface area contributed by atoms with E-state index < -0.39 is 0 Å². The van der Waals surface area contributed by atoms with Crippen molar-refractivity contribution >= 4 is 0 Å². The fourth-order valence-electron chi connectivity index (χ4n) is 1.13. The van der Waals surface area contributed by atoms with Crippen LogP contribution < -0.4 is 5.32 Å². The largest absolute Gasteiger partial charge is 0.308 e. The molecule has 4 heteroatoms. The van der Waals surface area contributed by atoms with Gasteiger partial charge in [-0.3, -0.25) is 10.1 Å². The Morgan fingerprint density at radius 2 is 2.44 bits per heavy atom. The molecule has 0 aromatic heterocycles. The van der Waals surface area contributed by atoms with Crippen molar-refractivity contribution < 1.29 is 4.92 Å². The van der Waals surface area contributed by atoms with Crippen molar-refractivity contribution in [3.8, 4) is 0 Å².